The van der Waals surface area contributed by atoms with E-state index < -0.39 is 5.97 Å². The monoisotopic (exact) mass is 554 g/mol. The van der Waals surface area contributed by atoms with Gasteiger partial charge in [-0.3, -0.25) is 9.69 Å². The zero-order valence-electron chi connectivity index (χ0n) is 18.6. The Morgan fingerprint density at radius 1 is 1.14 bits per heavy atom. The van der Waals surface area contributed by atoms with E-state index >= 15 is 0 Å². The molecular formula is C26H20BrFN2O4S. The van der Waals surface area contributed by atoms with Crippen LogP contribution in [0, 0.1) is 5.82 Å². The summed E-state index contributed by atoms with van der Waals surface area (Å²) in [5.74, 6) is -0.834. The van der Waals surface area contributed by atoms with Crippen LogP contribution >= 0.6 is 27.7 Å². The minimum atomic E-state index is -0.972. The summed E-state index contributed by atoms with van der Waals surface area (Å²) in [5, 5.41) is 9.54. The standard InChI is InChI=1S/C26H20BrFN2O4S/c1-2-30-24(31)23(35-26(30)29-20-10-8-19(28)9-11-20)14-17-5-12-22(21(27)13-17)34-15-16-3-6-18(7-4-16)25(32)33/h3-14H,2,15H2,1H3,(H,32,33)/b23-14+,29-26?. The lowest BCUT2D eigenvalue weighted by Crippen LogP contribution is -2.28. The van der Waals surface area contributed by atoms with Gasteiger partial charge in [-0.25, -0.2) is 14.2 Å². The van der Waals surface area contributed by atoms with Crippen LogP contribution in [0.2, 0.25) is 0 Å². The van der Waals surface area contributed by atoms with Crippen molar-refractivity contribution in [3.63, 3.8) is 0 Å². The van der Waals surface area contributed by atoms with E-state index in [1.54, 1.807) is 41.3 Å². The number of hydrogen-bond acceptors (Lipinski definition) is 5. The maximum Gasteiger partial charge on any atom is 0.335 e. The number of rotatable bonds is 7. The first-order valence-corrected chi connectivity index (χ1v) is 12.2. The highest BCUT2D eigenvalue weighted by molar-refractivity contribution is 9.10. The number of likely N-dealkylation sites (N-methyl/N-ethyl adjacent to an activating group) is 1. The van der Waals surface area contributed by atoms with Crippen molar-refractivity contribution in [3.05, 3.63) is 98.6 Å². The van der Waals surface area contributed by atoms with Crippen molar-refractivity contribution in [1.82, 2.24) is 4.90 Å². The maximum atomic E-state index is 13.2. The Bertz CT molecular complexity index is 1320. The molecule has 1 N–H and O–H groups in total. The van der Waals surface area contributed by atoms with Crippen molar-refractivity contribution in [2.24, 2.45) is 4.99 Å². The lowest BCUT2D eigenvalue weighted by molar-refractivity contribution is -0.122. The first-order chi connectivity index (χ1) is 16.8. The summed E-state index contributed by atoms with van der Waals surface area (Å²) in [5.41, 5.74) is 2.45. The highest BCUT2D eigenvalue weighted by atomic mass is 79.9. The number of hydrogen-bond donors (Lipinski definition) is 1. The number of carbonyl (C=O) groups is 2. The Morgan fingerprint density at radius 2 is 1.86 bits per heavy atom. The van der Waals surface area contributed by atoms with E-state index in [4.69, 9.17) is 9.84 Å². The van der Waals surface area contributed by atoms with E-state index in [9.17, 15) is 14.0 Å². The van der Waals surface area contributed by atoms with Crippen molar-refractivity contribution in [2.75, 3.05) is 6.54 Å². The molecule has 6 nitrogen and oxygen atoms in total. The highest BCUT2D eigenvalue weighted by Gasteiger charge is 2.32. The van der Waals surface area contributed by atoms with Gasteiger partial charge < -0.3 is 9.84 Å². The van der Waals surface area contributed by atoms with Crippen LogP contribution in [0.1, 0.15) is 28.4 Å². The molecule has 35 heavy (non-hydrogen) atoms. The van der Waals surface area contributed by atoms with Crippen LogP contribution in [-0.2, 0) is 11.4 Å². The maximum absolute atomic E-state index is 13.2. The van der Waals surface area contributed by atoms with Crippen LogP contribution in [0.4, 0.5) is 10.1 Å². The molecule has 1 amide bonds. The summed E-state index contributed by atoms with van der Waals surface area (Å²) in [6, 6.07) is 17.8. The van der Waals surface area contributed by atoms with Gasteiger partial charge in [0.15, 0.2) is 5.17 Å². The van der Waals surface area contributed by atoms with Crippen LogP contribution in [0.15, 0.2) is 81.1 Å². The Balaban J connectivity index is 1.48. The lowest BCUT2D eigenvalue weighted by Gasteiger charge is -2.12. The highest BCUT2D eigenvalue weighted by Crippen LogP contribution is 2.35. The molecule has 0 aromatic heterocycles. The average Bonchev–Trinajstić information content (AvgIpc) is 3.13. The van der Waals surface area contributed by atoms with Gasteiger partial charge in [-0.05, 0) is 100 Å². The van der Waals surface area contributed by atoms with Crippen LogP contribution < -0.4 is 4.74 Å². The van der Waals surface area contributed by atoms with E-state index in [1.165, 1.54) is 36.0 Å². The Morgan fingerprint density at radius 3 is 2.49 bits per heavy atom. The first kappa shape index (κ1) is 24.7. The third-order valence-corrected chi connectivity index (χ3v) is 6.73. The Hall–Kier alpha value is -3.43. The molecule has 1 aliphatic rings. The Labute approximate surface area is 214 Å². The number of carbonyl (C=O) groups excluding carboxylic acids is 1. The number of nitrogens with zero attached hydrogens (tertiary/aromatic N) is 2. The van der Waals surface area contributed by atoms with Gasteiger partial charge in [-0.2, -0.15) is 0 Å². The van der Waals surface area contributed by atoms with Gasteiger partial charge in [-0.15, -0.1) is 0 Å². The predicted molar refractivity (Wildman–Crippen MR) is 138 cm³/mol. The summed E-state index contributed by atoms with van der Waals surface area (Å²) in [6.45, 7) is 2.62. The van der Waals surface area contributed by atoms with Crippen LogP contribution in [-0.4, -0.2) is 33.6 Å². The number of ether oxygens (including phenoxy) is 1. The molecule has 3 aromatic rings. The topological polar surface area (TPSA) is 79.2 Å². The molecule has 0 aliphatic carbocycles. The number of amides is 1. The molecule has 4 rings (SSSR count). The molecule has 3 aromatic carbocycles. The molecule has 0 radical (unpaired) electrons. The number of carboxylic acids is 1. The predicted octanol–water partition coefficient (Wildman–Crippen LogP) is 6.49. The van der Waals surface area contributed by atoms with E-state index in [-0.39, 0.29) is 23.9 Å². The molecule has 9 heteroatoms. The quantitative estimate of drug-likeness (QED) is 0.337. The molecule has 0 atom stereocenters. The van der Waals surface area contributed by atoms with E-state index in [1.807, 2.05) is 19.1 Å². The fraction of sp³-hybridized carbons (Fsp3) is 0.115. The first-order valence-electron chi connectivity index (χ1n) is 10.6. The summed E-state index contributed by atoms with van der Waals surface area (Å²) < 4.78 is 19.8. The number of aromatic carboxylic acids is 1. The van der Waals surface area contributed by atoms with Crippen molar-refractivity contribution in [1.29, 1.82) is 0 Å². The largest absolute Gasteiger partial charge is 0.488 e. The van der Waals surface area contributed by atoms with E-state index in [2.05, 4.69) is 20.9 Å². The molecule has 1 heterocycles. The van der Waals surface area contributed by atoms with Crippen molar-refractivity contribution < 1.29 is 23.8 Å². The number of benzene rings is 3. The fourth-order valence-electron chi connectivity index (χ4n) is 3.28. The van der Waals surface area contributed by atoms with Crippen molar-refractivity contribution in [3.8, 4) is 5.75 Å². The van der Waals surface area contributed by atoms with Gasteiger partial charge in [0.1, 0.15) is 18.2 Å². The molecule has 1 fully saturated rings. The van der Waals surface area contributed by atoms with Crippen LogP contribution in [0.5, 0.6) is 5.75 Å². The lowest BCUT2D eigenvalue weighted by atomic mass is 10.1. The molecular weight excluding hydrogens is 535 g/mol. The third kappa shape index (κ3) is 5.98. The smallest absolute Gasteiger partial charge is 0.335 e. The van der Waals surface area contributed by atoms with Gasteiger partial charge >= 0.3 is 5.97 Å². The summed E-state index contributed by atoms with van der Waals surface area (Å²) in [7, 11) is 0. The molecule has 0 spiro atoms. The second-order valence-corrected chi connectivity index (χ2v) is 9.37. The molecule has 0 unspecified atom stereocenters. The third-order valence-electron chi connectivity index (χ3n) is 5.10. The molecule has 0 saturated carbocycles. The summed E-state index contributed by atoms with van der Waals surface area (Å²) in [4.78, 5) is 30.5. The Kier molecular flexibility index (Phi) is 7.67. The minimum absolute atomic E-state index is 0.139. The zero-order chi connectivity index (χ0) is 24.9. The number of thioether (sulfide) groups is 1. The van der Waals surface area contributed by atoms with Crippen molar-refractivity contribution >= 4 is 56.5 Å². The molecule has 178 valence electrons. The van der Waals surface area contributed by atoms with Gasteiger partial charge in [-0.1, -0.05) is 18.2 Å². The van der Waals surface area contributed by atoms with Gasteiger partial charge in [0.05, 0.1) is 20.6 Å². The van der Waals surface area contributed by atoms with Gasteiger partial charge in [0.2, 0.25) is 0 Å². The van der Waals surface area contributed by atoms with Gasteiger partial charge in [0.25, 0.3) is 5.91 Å². The summed E-state index contributed by atoms with van der Waals surface area (Å²) in [6.07, 6.45) is 1.79. The number of carboxylic acid groups (broad SMARTS) is 1. The molecule has 1 aliphatic heterocycles. The average molecular weight is 555 g/mol. The number of aliphatic imine (C=N–C) groups is 1. The van der Waals surface area contributed by atoms with Crippen LogP contribution in [0.3, 0.4) is 0 Å². The summed E-state index contributed by atoms with van der Waals surface area (Å²) >= 11 is 4.79. The van der Waals surface area contributed by atoms with Crippen molar-refractivity contribution in [2.45, 2.75) is 13.5 Å². The minimum Gasteiger partial charge on any atom is -0.488 e. The van der Waals surface area contributed by atoms with Gasteiger partial charge in [0, 0.05) is 6.54 Å². The number of amidine groups is 1. The SMILES string of the molecule is CCN1C(=O)/C(=C\c2ccc(OCc3ccc(C(=O)O)cc3)c(Br)c2)SC1=Nc1ccc(F)cc1. The second-order valence-electron chi connectivity index (χ2n) is 7.51. The number of halogens is 2. The van der Waals surface area contributed by atoms with E-state index in [0.29, 0.717) is 28.1 Å². The molecule has 1 saturated heterocycles. The fourth-order valence-corrected chi connectivity index (χ4v) is 4.85. The molecule has 0 bridgehead atoms. The normalized spacial score (nSPS) is 15.7. The van der Waals surface area contributed by atoms with E-state index in [0.717, 1.165) is 15.6 Å². The second kappa shape index (κ2) is 10.9. The van der Waals surface area contributed by atoms with Crippen LogP contribution in [0.25, 0.3) is 6.08 Å². The zero-order valence-corrected chi connectivity index (χ0v) is 21.0.